The lowest BCUT2D eigenvalue weighted by atomic mass is 10.2. The molecule has 0 aliphatic rings. The first-order chi connectivity index (χ1) is 8.29. The number of methoxy groups -OCH3 is 1. The fourth-order valence-electron chi connectivity index (χ4n) is 1.25. The number of hydrazone groups is 1. The van der Waals surface area contributed by atoms with Crippen LogP contribution in [0.15, 0.2) is 34.7 Å². The Kier molecular flexibility index (Phi) is 3.56. The molecule has 0 radical (unpaired) electrons. The molecule has 17 heavy (non-hydrogen) atoms. The molecule has 6 heteroatoms. The van der Waals surface area contributed by atoms with Gasteiger partial charge in [0.05, 0.1) is 18.7 Å². The summed E-state index contributed by atoms with van der Waals surface area (Å²) >= 11 is 1.28. The molecule has 0 bridgehead atoms. The maximum Gasteiger partial charge on any atom is 0.223 e. The zero-order chi connectivity index (χ0) is 12.1. The summed E-state index contributed by atoms with van der Waals surface area (Å²) in [6.07, 6.45) is 1.64. The largest absolute Gasteiger partial charge is 0.496 e. The minimum absolute atomic E-state index is 0.00927. The Bertz CT molecular complexity index is 525. The number of aromatic hydroxyl groups is 1. The van der Waals surface area contributed by atoms with Gasteiger partial charge < -0.3 is 9.84 Å². The minimum Gasteiger partial charge on any atom is -0.496 e. The fraction of sp³-hybridized carbons (Fsp3) is 0.0909. The van der Waals surface area contributed by atoms with Crippen LogP contribution in [0.5, 0.6) is 11.6 Å². The van der Waals surface area contributed by atoms with Gasteiger partial charge in [0.1, 0.15) is 5.75 Å². The molecule has 1 aromatic heterocycles. The number of hydrogen-bond acceptors (Lipinski definition) is 6. The van der Waals surface area contributed by atoms with Gasteiger partial charge in [0.25, 0.3) is 0 Å². The normalized spacial score (nSPS) is 10.6. The van der Waals surface area contributed by atoms with Crippen LogP contribution in [0.2, 0.25) is 0 Å². The highest BCUT2D eigenvalue weighted by Crippen LogP contribution is 2.19. The quantitative estimate of drug-likeness (QED) is 0.644. The summed E-state index contributed by atoms with van der Waals surface area (Å²) < 4.78 is 5.18. The number of para-hydroxylation sites is 1. The average Bonchev–Trinajstić information content (AvgIpc) is 2.76. The molecular formula is C11H11N3O2S. The Morgan fingerprint density at radius 2 is 2.29 bits per heavy atom. The van der Waals surface area contributed by atoms with Gasteiger partial charge in [0.15, 0.2) is 0 Å². The molecule has 2 aromatic rings. The molecule has 0 aliphatic heterocycles. The van der Waals surface area contributed by atoms with Crippen LogP contribution in [0.3, 0.4) is 0 Å². The van der Waals surface area contributed by atoms with Gasteiger partial charge in [0.2, 0.25) is 11.0 Å². The van der Waals surface area contributed by atoms with Crippen LogP contribution < -0.4 is 10.2 Å². The molecule has 0 unspecified atom stereocenters. The third-order valence-corrected chi connectivity index (χ3v) is 2.73. The van der Waals surface area contributed by atoms with Crippen LogP contribution in [0.4, 0.5) is 5.13 Å². The highest BCUT2D eigenvalue weighted by molar-refractivity contribution is 7.13. The van der Waals surface area contributed by atoms with Crippen molar-refractivity contribution >= 4 is 22.7 Å². The summed E-state index contributed by atoms with van der Waals surface area (Å²) in [5.74, 6) is 0.741. The van der Waals surface area contributed by atoms with Gasteiger partial charge in [-0.3, -0.25) is 5.43 Å². The first-order valence-corrected chi connectivity index (χ1v) is 5.74. The SMILES string of the molecule is COc1ccccc1/C=N/Nc1nc(O)cs1. The summed E-state index contributed by atoms with van der Waals surface area (Å²) in [6, 6.07) is 7.54. The lowest BCUT2D eigenvalue weighted by Gasteiger charge is -2.02. The average molecular weight is 249 g/mol. The van der Waals surface area contributed by atoms with E-state index in [2.05, 4.69) is 15.5 Å². The highest BCUT2D eigenvalue weighted by atomic mass is 32.1. The maximum absolute atomic E-state index is 9.04. The van der Waals surface area contributed by atoms with E-state index in [0.29, 0.717) is 5.13 Å². The first-order valence-electron chi connectivity index (χ1n) is 4.86. The number of rotatable bonds is 4. The highest BCUT2D eigenvalue weighted by Gasteiger charge is 1.99. The van der Waals surface area contributed by atoms with E-state index in [4.69, 9.17) is 9.84 Å². The number of aromatic nitrogens is 1. The Hall–Kier alpha value is -2.08. The molecule has 0 aliphatic carbocycles. The van der Waals surface area contributed by atoms with Gasteiger partial charge in [-0.05, 0) is 12.1 Å². The van der Waals surface area contributed by atoms with Crippen LogP contribution in [-0.4, -0.2) is 23.4 Å². The summed E-state index contributed by atoms with van der Waals surface area (Å²) in [5, 5.41) is 15.1. The summed E-state index contributed by atoms with van der Waals surface area (Å²) in [6.45, 7) is 0. The zero-order valence-corrected chi connectivity index (χ0v) is 9.94. The van der Waals surface area contributed by atoms with E-state index in [9.17, 15) is 0 Å². The van der Waals surface area contributed by atoms with Crippen molar-refractivity contribution in [2.24, 2.45) is 5.10 Å². The van der Waals surface area contributed by atoms with Crippen LogP contribution in [-0.2, 0) is 0 Å². The van der Waals surface area contributed by atoms with Crippen LogP contribution in [0.25, 0.3) is 0 Å². The van der Waals surface area contributed by atoms with Crippen molar-refractivity contribution in [3.05, 3.63) is 35.2 Å². The number of nitrogens with one attached hydrogen (secondary N) is 1. The van der Waals surface area contributed by atoms with Crippen LogP contribution >= 0.6 is 11.3 Å². The molecule has 0 fully saturated rings. The lowest BCUT2D eigenvalue weighted by Crippen LogP contribution is -1.93. The second-order valence-corrected chi connectivity index (χ2v) is 3.98. The Morgan fingerprint density at radius 1 is 1.47 bits per heavy atom. The molecule has 1 heterocycles. The van der Waals surface area contributed by atoms with Gasteiger partial charge in [0, 0.05) is 5.56 Å². The van der Waals surface area contributed by atoms with Gasteiger partial charge in [-0.25, -0.2) is 0 Å². The van der Waals surface area contributed by atoms with E-state index in [-0.39, 0.29) is 5.88 Å². The molecule has 2 rings (SSSR count). The predicted octanol–water partition coefficient (Wildman–Crippen LogP) is 2.30. The van der Waals surface area contributed by atoms with Crippen molar-refractivity contribution in [1.29, 1.82) is 0 Å². The molecule has 88 valence electrons. The van der Waals surface area contributed by atoms with Gasteiger partial charge in [-0.15, -0.1) is 0 Å². The molecule has 2 N–H and O–H groups in total. The number of anilines is 1. The smallest absolute Gasteiger partial charge is 0.223 e. The molecule has 0 amide bonds. The van der Waals surface area contributed by atoms with E-state index in [0.717, 1.165) is 11.3 Å². The maximum atomic E-state index is 9.04. The van der Waals surface area contributed by atoms with Gasteiger partial charge in [-0.1, -0.05) is 23.5 Å². The number of hydrogen-bond donors (Lipinski definition) is 2. The van der Waals surface area contributed by atoms with Crippen molar-refractivity contribution in [2.45, 2.75) is 0 Å². The second-order valence-electron chi connectivity index (χ2n) is 3.12. The van der Waals surface area contributed by atoms with E-state index in [1.807, 2.05) is 24.3 Å². The van der Waals surface area contributed by atoms with Crippen molar-refractivity contribution in [2.75, 3.05) is 12.5 Å². The molecule has 1 aromatic carbocycles. The van der Waals surface area contributed by atoms with E-state index in [1.54, 1.807) is 13.3 Å². The van der Waals surface area contributed by atoms with E-state index >= 15 is 0 Å². The zero-order valence-electron chi connectivity index (χ0n) is 9.12. The topological polar surface area (TPSA) is 66.7 Å². The number of ether oxygens (including phenoxy) is 1. The minimum atomic E-state index is -0.00927. The molecule has 0 saturated heterocycles. The fourth-order valence-corrected chi connectivity index (χ4v) is 1.77. The first kappa shape index (κ1) is 11.4. The monoisotopic (exact) mass is 249 g/mol. The number of nitrogens with zero attached hydrogens (tertiary/aromatic N) is 2. The third kappa shape index (κ3) is 2.94. The van der Waals surface area contributed by atoms with Crippen molar-refractivity contribution < 1.29 is 9.84 Å². The molecule has 5 nitrogen and oxygen atoms in total. The van der Waals surface area contributed by atoms with Gasteiger partial charge >= 0.3 is 0 Å². The van der Waals surface area contributed by atoms with Gasteiger partial charge in [-0.2, -0.15) is 10.1 Å². The lowest BCUT2D eigenvalue weighted by molar-refractivity contribution is 0.414. The molecular weight excluding hydrogens is 238 g/mol. The van der Waals surface area contributed by atoms with Crippen molar-refractivity contribution in [3.8, 4) is 11.6 Å². The summed E-state index contributed by atoms with van der Waals surface area (Å²) in [4.78, 5) is 3.80. The van der Waals surface area contributed by atoms with Crippen LogP contribution in [0, 0.1) is 0 Å². The Morgan fingerprint density at radius 3 is 3.00 bits per heavy atom. The second kappa shape index (κ2) is 5.31. The standard InChI is InChI=1S/C11H11N3O2S/c1-16-9-5-3-2-4-8(9)6-12-14-11-13-10(15)7-17-11/h2-7,15H,1H3,(H,13,14)/b12-6+. The van der Waals surface area contributed by atoms with E-state index < -0.39 is 0 Å². The Labute approximate surface area is 102 Å². The predicted molar refractivity (Wildman–Crippen MR) is 68.0 cm³/mol. The third-order valence-electron chi connectivity index (χ3n) is 1.99. The van der Waals surface area contributed by atoms with Crippen molar-refractivity contribution in [3.63, 3.8) is 0 Å². The number of thiazole rings is 1. The van der Waals surface area contributed by atoms with Crippen LogP contribution in [0.1, 0.15) is 5.56 Å². The van der Waals surface area contributed by atoms with E-state index in [1.165, 1.54) is 16.7 Å². The summed E-state index contributed by atoms with van der Waals surface area (Å²) in [5.41, 5.74) is 3.59. The molecule has 0 saturated carbocycles. The molecule has 0 spiro atoms. The Balaban J connectivity index is 2.05. The number of benzene rings is 1. The molecule has 0 atom stereocenters. The summed E-state index contributed by atoms with van der Waals surface area (Å²) in [7, 11) is 1.61. The van der Waals surface area contributed by atoms with Crippen molar-refractivity contribution in [1.82, 2.24) is 4.98 Å².